The van der Waals surface area contributed by atoms with Crippen molar-refractivity contribution in [3.05, 3.63) is 45.7 Å². The zero-order valence-electron chi connectivity index (χ0n) is 11.2. The molecule has 104 valence electrons. The van der Waals surface area contributed by atoms with Gasteiger partial charge in [0.15, 0.2) is 0 Å². The Labute approximate surface area is 126 Å². The van der Waals surface area contributed by atoms with Crippen molar-refractivity contribution in [2.24, 2.45) is 0 Å². The fourth-order valence-electron chi connectivity index (χ4n) is 2.33. The van der Waals surface area contributed by atoms with E-state index in [9.17, 15) is 4.79 Å². The maximum atomic E-state index is 11.6. The van der Waals surface area contributed by atoms with E-state index >= 15 is 0 Å². The largest absolute Gasteiger partial charge is 0.463 e. The molecule has 1 aromatic carbocycles. The monoisotopic (exact) mass is 308 g/mol. The van der Waals surface area contributed by atoms with Crippen LogP contribution in [0.5, 0.6) is 0 Å². The molecule has 0 aliphatic carbocycles. The zero-order valence-corrected chi connectivity index (χ0v) is 12.7. The van der Waals surface area contributed by atoms with Crippen LogP contribution in [-0.4, -0.2) is 18.8 Å². The van der Waals surface area contributed by atoms with Gasteiger partial charge in [-0.15, -0.1) is 11.8 Å². The number of halogens is 1. The number of hydrogen-bond acceptors (Lipinski definition) is 4. The molecule has 0 N–H and O–H groups in total. The number of thioether (sulfide) groups is 1. The number of carbonyl (C=O) groups excluding carboxylic acids is 1. The number of methoxy groups -OCH3 is 1. The average molecular weight is 309 g/mol. The van der Waals surface area contributed by atoms with E-state index in [0.717, 1.165) is 27.5 Å². The molecule has 0 radical (unpaired) electrons. The molecule has 0 fully saturated rings. The highest BCUT2D eigenvalue weighted by Crippen LogP contribution is 2.46. The fourth-order valence-corrected chi connectivity index (χ4v) is 3.84. The van der Waals surface area contributed by atoms with Gasteiger partial charge in [0.25, 0.3) is 0 Å². The minimum Gasteiger partial charge on any atom is -0.463 e. The first-order valence-electron chi connectivity index (χ1n) is 6.22. The van der Waals surface area contributed by atoms with Crippen molar-refractivity contribution in [3.8, 4) is 0 Å². The van der Waals surface area contributed by atoms with E-state index in [1.54, 1.807) is 17.8 Å². The van der Waals surface area contributed by atoms with Crippen LogP contribution in [0.25, 0.3) is 5.76 Å². The van der Waals surface area contributed by atoms with Gasteiger partial charge in [0.1, 0.15) is 5.76 Å². The average Bonchev–Trinajstić information content (AvgIpc) is 2.49. The number of fused-ring (bicyclic) bond motifs is 2. The fraction of sp³-hybridized carbons (Fsp3) is 0.267. The number of hydrogen-bond donors (Lipinski definition) is 0. The van der Waals surface area contributed by atoms with Gasteiger partial charge in [-0.3, -0.25) is 0 Å². The summed E-state index contributed by atoms with van der Waals surface area (Å²) in [5.74, 6) is 1.35. The van der Waals surface area contributed by atoms with Crippen LogP contribution >= 0.6 is 23.4 Å². The third-order valence-electron chi connectivity index (χ3n) is 3.38. The van der Waals surface area contributed by atoms with E-state index < -0.39 is 5.97 Å². The molecule has 0 unspecified atom stereocenters. The maximum Gasteiger partial charge on any atom is 0.373 e. The highest BCUT2D eigenvalue weighted by molar-refractivity contribution is 7.99. The van der Waals surface area contributed by atoms with Gasteiger partial charge in [-0.25, -0.2) is 4.79 Å². The second-order valence-electron chi connectivity index (χ2n) is 4.66. The predicted octanol–water partition coefficient (Wildman–Crippen LogP) is 3.94. The Kier molecular flexibility index (Phi) is 3.52. The van der Waals surface area contributed by atoms with Crippen molar-refractivity contribution in [1.82, 2.24) is 0 Å². The minimum absolute atomic E-state index is 0.238. The second-order valence-corrected chi connectivity index (χ2v) is 6.05. The smallest absolute Gasteiger partial charge is 0.373 e. The molecular weight excluding hydrogens is 296 g/mol. The summed E-state index contributed by atoms with van der Waals surface area (Å²) in [6.07, 6.45) is 2.45. The van der Waals surface area contributed by atoms with Crippen LogP contribution in [-0.2, 0) is 14.3 Å². The standard InChI is InChI=1S/C15H13ClO3S/c1-8-3-5-10(16)12-13-9(7-20-14(8)12)4-6-11(19-13)15(17)18-2/h3,5-6H,4,7H2,1-2H3. The zero-order chi connectivity index (χ0) is 14.3. The van der Waals surface area contributed by atoms with E-state index in [1.807, 2.05) is 19.1 Å². The van der Waals surface area contributed by atoms with Crippen molar-refractivity contribution >= 4 is 35.1 Å². The number of allylic oxidation sites excluding steroid dienone is 1. The van der Waals surface area contributed by atoms with Crippen LogP contribution in [0, 0.1) is 6.92 Å². The molecule has 2 aliphatic heterocycles. The molecule has 0 saturated carbocycles. The summed E-state index contributed by atoms with van der Waals surface area (Å²) >= 11 is 8.09. The van der Waals surface area contributed by atoms with Gasteiger partial charge in [-0.2, -0.15) is 0 Å². The van der Waals surface area contributed by atoms with Crippen molar-refractivity contribution < 1.29 is 14.3 Å². The Hall–Kier alpha value is -1.39. The van der Waals surface area contributed by atoms with Crippen molar-refractivity contribution in [2.75, 3.05) is 12.9 Å². The SMILES string of the molecule is COC(=O)C1=CCC2=C(O1)c1c(Cl)ccc(C)c1SC2. The molecule has 0 atom stereocenters. The maximum absolute atomic E-state index is 11.6. The summed E-state index contributed by atoms with van der Waals surface area (Å²) in [5.41, 5.74) is 3.22. The summed E-state index contributed by atoms with van der Waals surface area (Å²) < 4.78 is 10.5. The summed E-state index contributed by atoms with van der Waals surface area (Å²) in [4.78, 5) is 12.8. The van der Waals surface area contributed by atoms with E-state index in [2.05, 4.69) is 0 Å². The third kappa shape index (κ3) is 2.13. The first-order chi connectivity index (χ1) is 9.61. The number of carbonyl (C=O) groups is 1. The van der Waals surface area contributed by atoms with Crippen molar-refractivity contribution in [2.45, 2.75) is 18.2 Å². The third-order valence-corrected chi connectivity index (χ3v) is 5.00. The molecule has 0 saturated heterocycles. The number of benzene rings is 1. The Morgan fingerprint density at radius 2 is 2.25 bits per heavy atom. The van der Waals surface area contributed by atoms with Crippen LogP contribution in [0.2, 0.25) is 5.02 Å². The summed E-state index contributed by atoms with van der Waals surface area (Å²) in [6.45, 7) is 2.05. The van der Waals surface area contributed by atoms with E-state index in [-0.39, 0.29) is 5.76 Å². The number of esters is 1. The van der Waals surface area contributed by atoms with Crippen LogP contribution in [0.3, 0.4) is 0 Å². The molecule has 20 heavy (non-hydrogen) atoms. The van der Waals surface area contributed by atoms with Crippen LogP contribution in [0.1, 0.15) is 17.5 Å². The normalized spacial score (nSPS) is 16.9. The highest BCUT2D eigenvalue weighted by atomic mass is 35.5. The lowest BCUT2D eigenvalue weighted by Gasteiger charge is -2.27. The Morgan fingerprint density at radius 3 is 3.00 bits per heavy atom. The second kappa shape index (κ2) is 5.19. The molecule has 2 heterocycles. The van der Waals surface area contributed by atoms with Gasteiger partial charge in [-0.05, 0) is 36.6 Å². The topological polar surface area (TPSA) is 35.5 Å². The Balaban J connectivity index is 2.06. The van der Waals surface area contributed by atoms with E-state index in [1.165, 1.54) is 12.7 Å². The van der Waals surface area contributed by atoms with Gasteiger partial charge in [0.05, 0.1) is 12.1 Å². The van der Waals surface area contributed by atoms with Gasteiger partial charge < -0.3 is 9.47 Å². The predicted molar refractivity (Wildman–Crippen MR) is 79.6 cm³/mol. The first-order valence-corrected chi connectivity index (χ1v) is 7.58. The summed E-state index contributed by atoms with van der Waals surface area (Å²) in [5, 5.41) is 0.649. The highest BCUT2D eigenvalue weighted by Gasteiger charge is 2.29. The molecule has 0 bridgehead atoms. The Bertz CT molecular complexity index is 661. The molecule has 3 rings (SSSR count). The van der Waals surface area contributed by atoms with Crippen molar-refractivity contribution in [3.63, 3.8) is 0 Å². The molecule has 3 nitrogen and oxygen atoms in total. The lowest BCUT2D eigenvalue weighted by Crippen LogP contribution is -2.16. The first kappa shape index (κ1) is 13.6. The molecular formula is C15H13ClO3S. The van der Waals surface area contributed by atoms with Crippen LogP contribution < -0.4 is 0 Å². The van der Waals surface area contributed by atoms with E-state index in [0.29, 0.717) is 11.4 Å². The summed E-state index contributed by atoms with van der Waals surface area (Å²) in [7, 11) is 1.35. The summed E-state index contributed by atoms with van der Waals surface area (Å²) in [6, 6.07) is 3.87. The molecule has 5 heteroatoms. The molecule has 0 amide bonds. The molecule has 0 spiro atoms. The van der Waals surface area contributed by atoms with E-state index in [4.69, 9.17) is 21.1 Å². The van der Waals surface area contributed by atoms with Crippen LogP contribution in [0.4, 0.5) is 0 Å². The molecule has 2 aliphatic rings. The van der Waals surface area contributed by atoms with Crippen molar-refractivity contribution in [1.29, 1.82) is 0 Å². The molecule has 1 aromatic rings. The lowest BCUT2D eigenvalue weighted by molar-refractivity contribution is -0.139. The lowest BCUT2D eigenvalue weighted by atomic mass is 10.0. The number of ether oxygens (including phenoxy) is 2. The van der Waals surface area contributed by atoms with Gasteiger partial charge >= 0.3 is 5.97 Å². The van der Waals surface area contributed by atoms with Gasteiger partial charge in [0, 0.05) is 16.2 Å². The molecule has 0 aromatic heterocycles. The van der Waals surface area contributed by atoms with Crippen LogP contribution in [0.15, 0.2) is 34.4 Å². The number of rotatable bonds is 1. The van der Waals surface area contributed by atoms with Gasteiger partial charge in [0.2, 0.25) is 5.76 Å². The number of aryl methyl sites for hydroxylation is 1. The van der Waals surface area contributed by atoms with Gasteiger partial charge in [-0.1, -0.05) is 17.7 Å². The minimum atomic E-state index is -0.458. The quantitative estimate of drug-likeness (QED) is 0.736. The Morgan fingerprint density at radius 1 is 1.45 bits per heavy atom.